The van der Waals surface area contributed by atoms with Crippen molar-refractivity contribution in [2.24, 2.45) is 0 Å². The van der Waals surface area contributed by atoms with Crippen LogP contribution >= 0.6 is 0 Å². The van der Waals surface area contributed by atoms with Crippen LogP contribution in [0.25, 0.3) is 21.9 Å². The van der Waals surface area contributed by atoms with Crippen molar-refractivity contribution in [1.82, 2.24) is 0 Å². The van der Waals surface area contributed by atoms with Crippen LogP contribution in [0.1, 0.15) is 36.0 Å². The van der Waals surface area contributed by atoms with Gasteiger partial charge >= 0.3 is 5.97 Å². The summed E-state index contributed by atoms with van der Waals surface area (Å²) < 4.78 is 5.56. The van der Waals surface area contributed by atoms with Crippen LogP contribution in [-0.4, -0.2) is 27.4 Å². The summed E-state index contributed by atoms with van der Waals surface area (Å²) >= 11 is 0. The minimum absolute atomic E-state index is 0.0762. The third-order valence-electron chi connectivity index (χ3n) is 5.10. The Kier molecular flexibility index (Phi) is 4.36. The van der Waals surface area contributed by atoms with E-state index < -0.39 is 5.97 Å². The van der Waals surface area contributed by atoms with Crippen molar-refractivity contribution in [2.75, 3.05) is 0 Å². The Balaban J connectivity index is 1.92. The number of benzene rings is 3. The summed E-state index contributed by atoms with van der Waals surface area (Å²) in [4.78, 5) is 12.8. The molecule has 1 aliphatic carbocycles. The van der Waals surface area contributed by atoms with Crippen LogP contribution in [0.15, 0.2) is 48.5 Å². The highest BCUT2D eigenvalue weighted by atomic mass is 16.5. The molecule has 5 heteroatoms. The molecule has 1 saturated carbocycles. The molecular formula is C22H20O5. The topological polar surface area (TPSA) is 87.0 Å². The number of carbonyl (C=O) groups excluding carboxylic acids is 1. The van der Waals surface area contributed by atoms with Crippen molar-refractivity contribution < 1.29 is 24.9 Å². The largest absolute Gasteiger partial charge is 0.507 e. The van der Waals surface area contributed by atoms with E-state index in [-0.39, 0.29) is 34.5 Å². The number of aromatic hydroxyl groups is 3. The van der Waals surface area contributed by atoms with Gasteiger partial charge in [0, 0.05) is 11.1 Å². The average molecular weight is 364 g/mol. The molecule has 3 aromatic rings. The Morgan fingerprint density at radius 2 is 1.44 bits per heavy atom. The zero-order valence-electron chi connectivity index (χ0n) is 14.7. The number of phenols is 3. The normalized spacial score (nSPS) is 14.5. The van der Waals surface area contributed by atoms with Crippen molar-refractivity contribution in [3.8, 4) is 28.4 Å². The highest BCUT2D eigenvalue weighted by Gasteiger charge is 2.28. The van der Waals surface area contributed by atoms with Crippen molar-refractivity contribution in [2.45, 2.75) is 31.8 Å². The monoisotopic (exact) mass is 364 g/mol. The van der Waals surface area contributed by atoms with E-state index in [1.54, 1.807) is 12.1 Å². The van der Waals surface area contributed by atoms with Crippen molar-refractivity contribution in [3.05, 3.63) is 54.1 Å². The van der Waals surface area contributed by atoms with E-state index >= 15 is 0 Å². The first-order chi connectivity index (χ1) is 13.1. The molecule has 4 rings (SSSR count). The van der Waals surface area contributed by atoms with Crippen LogP contribution in [0.3, 0.4) is 0 Å². The smallest absolute Gasteiger partial charge is 0.342 e. The first kappa shape index (κ1) is 17.2. The second-order valence-electron chi connectivity index (χ2n) is 6.85. The summed E-state index contributed by atoms with van der Waals surface area (Å²) in [5.74, 6) is -1.29. The molecule has 3 aromatic carbocycles. The van der Waals surface area contributed by atoms with Gasteiger partial charge in [0.15, 0.2) is 0 Å². The van der Waals surface area contributed by atoms with Gasteiger partial charge in [-0.1, -0.05) is 30.3 Å². The molecule has 1 fully saturated rings. The Bertz CT molecular complexity index is 1020. The van der Waals surface area contributed by atoms with E-state index in [9.17, 15) is 20.1 Å². The van der Waals surface area contributed by atoms with Gasteiger partial charge in [0.25, 0.3) is 0 Å². The number of hydrogen-bond donors (Lipinski definition) is 3. The molecule has 27 heavy (non-hydrogen) atoms. The van der Waals surface area contributed by atoms with Crippen LogP contribution in [0.5, 0.6) is 17.2 Å². The zero-order valence-corrected chi connectivity index (χ0v) is 14.7. The molecule has 1 aliphatic rings. The molecule has 0 amide bonds. The van der Waals surface area contributed by atoms with Crippen molar-refractivity contribution in [1.29, 1.82) is 0 Å². The maximum absolute atomic E-state index is 12.8. The van der Waals surface area contributed by atoms with Gasteiger partial charge in [-0.3, -0.25) is 0 Å². The van der Waals surface area contributed by atoms with E-state index in [1.807, 2.05) is 18.2 Å². The van der Waals surface area contributed by atoms with Gasteiger partial charge in [-0.05, 0) is 54.7 Å². The number of carbonyl (C=O) groups is 1. The lowest BCUT2D eigenvalue weighted by Gasteiger charge is -2.18. The fourth-order valence-corrected chi connectivity index (χ4v) is 3.78. The lowest BCUT2D eigenvalue weighted by molar-refractivity contribution is 0.0315. The molecule has 0 atom stereocenters. The summed E-state index contributed by atoms with van der Waals surface area (Å²) in [5.41, 5.74) is 0.237. The fraction of sp³-hybridized carbons (Fsp3) is 0.227. The first-order valence-corrected chi connectivity index (χ1v) is 9.03. The van der Waals surface area contributed by atoms with E-state index in [1.165, 1.54) is 18.2 Å². The Hall–Kier alpha value is -3.21. The van der Waals surface area contributed by atoms with Gasteiger partial charge in [0.1, 0.15) is 28.9 Å². The lowest BCUT2D eigenvalue weighted by atomic mass is 9.92. The minimum Gasteiger partial charge on any atom is -0.507 e. The van der Waals surface area contributed by atoms with Crippen molar-refractivity contribution >= 4 is 16.7 Å². The standard InChI is InChI=1S/C22H20O5/c23-16-10-9-13-5-1-4-8-15(13)19(16)20-17(24)11-12-18(25)21(20)22(26)27-14-6-2-3-7-14/h1,4-5,8-12,14,23-25H,2-3,6-7H2. The molecule has 0 radical (unpaired) electrons. The number of phenolic OH excluding ortho intramolecular Hbond substituents is 3. The third kappa shape index (κ3) is 3.05. The number of hydrogen-bond acceptors (Lipinski definition) is 5. The molecular weight excluding hydrogens is 344 g/mol. The van der Waals surface area contributed by atoms with Crippen LogP contribution in [-0.2, 0) is 4.74 Å². The highest BCUT2D eigenvalue weighted by Crippen LogP contribution is 2.45. The van der Waals surface area contributed by atoms with Gasteiger partial charge in [-0.15, -0.1) is 0 Å². The SMILES string of the molecule is O=C(OC1CCCC1)c1c(O)ccc(O)c1-c1c(O)ccc2ccccc12. The van der Waals surface area contributed by atoms with E-state index in [0.29, 0.717) is 10.9 Å². The third-order valence-corrected chi connectivity index (χ3v) is 5.10. The quantitative estimate of drug-likeness (QED) is 0.462. The predicted octanol–water partition coefficient (Wildman–Crippen LogP) is 4.72. The molecule has 0 unspecified atom stereocenters. The van der Waals surface area contributed by atoms with Gasteiger partial charge in [-0.2, -0.15) is 0 Å². The zero-order chi connectivity index (χ0) is 19.0. The molecule has 0 spiro atoms. The maximum atomic E-state index is 12.8. The second-order valence-corrected chi connectivity index (χ2v) is 6.85. The maximum Gasteiger partial charge on any atom is 0.342 e. The predicted molar refractivity (Wildman–Crippen MR) is 102 cm³/mol. The summed E-state index contributed by atoms with van der Waals surface area (Å²) in [7, 11) is 0. The molecule has 0 heterocycles. The van der Waals surface area contributed by atoms with Crippen LogP contribution in [0.4, 0.5) is 0 Å². The van der Waals surface area contributed by atoms with Gasteiger partial charge < -0.3 is 20.1 Å². The van der Waals surface area contributed by atoms with E-state index in [0.717, 1.165) is 31.1 Å². The second kappa shape index (κ2) is 6.83. The van der Waals surface area contributed by atoms with Crippen LogP contribution in [0.2, 0.25) is 0 Å². The first-order valence-electron chi connectivity index (χ1n) is 9.03. The molecule has 0 saturated heterocycles. The van der Waals surface area contributed by atoms with E-state index in [4.69, 9.17) is 4.74 Å². The van der Waals surface area contributed by atoms with Crippen molar-refractivity contribution in [3.63, 3.8) is 0 Å². The summed E-state index contributed by atoms with van der Waals surface area (Å²) in [6.07, 6.45) is 3.40. The number of rotatable bonds is 3. The summed E-state index contributed by atoms with van der Waals surface area (Å²) in [6.45, 7) is 0. The van der Waals surface area contributed by atoms with Gasteiger partial charge in [0.2, 0.25) is 0 Å². The Morgan fingerprint density at radius 3 is 2.22 bits per heavy atom. The van der Waals surface area contributed by atoms with Gasteiger partial charge in [0.05, 0.1) is 0 Å². The summed E-state index contributed by atoms with van der Waals surface area (Å²) in [6, 6.07) is 13.2. The van der Waals surface area contributed by atoms with Gasteiger partial charge in [-0.25, -0.2) is 4.79 Å². The molecule has 138 valence electrons. The number of esters is 1. The average Bonchev–Trinajstić information content (AvgIpc) is 3.16. The Labute approximate surface area is 156 Å². The van der Waals surface area contributed by atoms with Crippen LogP contribution in [0, 0.1) is 0 Å². The molecule has 3 N–H and O–H groups in total. The number of ether oxygens (including phenoxy) is 1. The molecule has 0 bridgehead atoms. The molecule has 5 nitrogen and oxygen atoms in total. The summed E-state index contributed by atoms with van der Waals surface area (Å²) in [5, 5.41) is 32.9. The lowest BCUT2D eigenvalue weighted by Crippen LogP contribution is -2.16. The molecule has 0 aromatic heterocycles. The Morgan fingerprint density at radius 1 is 0.815 bits per heavy atom. The fourth-order valence-electron chi connectivity index (χ4n) is 3.78. The van der Waals surface area contributed by atoms with E-state index in [2.05, 4.69) is 0 Å². The van der Waals surface area contributed by atoms with Crippen LogP contribution < -0.4 is 0 Å². The number of fused-ring (bicyclic) bond motifs is 1. The molecule has 0 aliphatic heterocycles. The highest BCUT2D eigenvalue weighted by molar-refractivity contribution is 6.09. The minimum atomic E-state index is -0.697.